The monoisotopic (exact) mass is 320 g/mol. The first-order chi connectivity index (χ1) is 11.8. The van der Waals surface area contributed by atoms with Crippen LogP contribution in [0.25, 0.3) is 0 Å². The maximum absolute atomic E-state index is 10.7. The fourth-order valence-corrected chi connectivity index (χ4v) is 2.15. The molecule has 0 aliphatic rings. The molecule has 24 heavy (non-hydrogen) atoms. The highest BCUT2D eigenvalue weighted by molar-refractivity contribution is 5.74. The van der Waals surface area contributed by atoms with Crippen LogP contribution in [0.1, 0.15) is 15.9 Å². The summed E-state index contributed by atoms with van der Waals surface area (Å²) in [5.74, 6) is 2.61. The molecule has 0 aliphatic heterocycles. The smallest absolute Gasteiger partial charge is 0.150 e. The highest BCUT2D eigenvalue weighted by Gasteiger charge is 2.02. The van der Waals surface area contributed by atoms with Crippen molar-refractivity contribution in [3.05, 3.63) is 83.9 Å². The van der Waals surface area contributed by atoms with E-state index < -0.39 is 0 Å². The zero-order valence-electron chi connectivity index (χ0n) is 12.9. The van der Waals surface area contributed by atoms with Gasteiger partial charge in [-0.05, 0) is 54.1 Å². The third-order valence-corrected chi connectivity index (χ3v) is 3.40. The quantitative estimate of drug-likeness (QED) is 0.676. The Morgan fingerprint density at radius 3 is 1.79 bits per heavy atom. The molecule has 3 aromatic carbocycles. The molecule has 0 saturated heterocycles. The minimum atomic E-state index is 0.00645. The van der Waals surface area contributed by atoms with E-state index in [-0.39, 0.29) is 6.61 Å². The van der Waals surface area contributed by atoms with E-state index in [9.17, 15) is 4.79 Å². The van der Waals surface area contributed by atoms with Gasteiger partial charge in [0.15, 0.2) is 0 Å². The molecular weight excluding hydrogens is 304 g/mol. The number of carbonyl (C=O) groups excluding carboxylic acids is 1. The molecular formula is C20H16O4. The first-order valence-electron chi connectivity index (χ1n) is 7.47. The Labute approximate surface area is 139 Å². The fraction of sp³-hybridized carbons (Fsp3) is 0.0500. The van der Waals surface area contributed by atoms with Crippen molar-refractivity contribution in [3.8, 4) is 23.0 Å². The normalized spacial score (nSPS) is 10.2. The number of carbonyl (C=O) groups is 1. The molecule has 0 bridgehead atoms. The predicted octanol–water partition coefficient (Wildman–Crippen LogP) is 4.58. The summed E-state index contributed by atoms with van der Waals surface area (Å²) in [6.07, 6.45) is 0.792. The maximum atomic E-state index is 10.7. The van der Waals surface area contributed by atoms with Gasteiger partial charge in [-0.15, -0.1) is 0 Å². The third-order valence-electron chi connectivity index (χ3n) is 3.40. The number of aliphatic hydroxyl groups excluding tert-OH is 1. The second-order valence-corrected chi connectivity index (χ2v) is 5.17. The van der Waals surface area contributed by atoms with E-state index >= 15 is 0 Å². The molecule has 4 heteroatoms. The van der Waals surface area contributed by atoms with Crippen molar-refractivity contribution in [3.63, 3.8) is 0 Å². The van der Waals surface area contributed by atoms with E-state index in [1.165, 1.54) is 0 Å². The third kappa shape index (κ3) is 4.00. The Morgan fingerprint density at radius 1 is 0.750 bits per heavy atom. The SMILES string of the molecule is O=Cc1ccc(Oc2cccc(Oc3ccc(CO)cc3)c2)cc1. The van der Waals surface area contributed by atoms with Gasteiger partial charge in [0.25, 0.3) is 0 Å². The average Bonchev–Trinajstić information content (AvgIpc) is 2.63. The van der Waals surface area contributed by atoms with Crippen LogP contribution in [-0.2, 0) is 6.61 Å². The van der Waals surface area contributed by atoms with Crippen molar-refractivity contribution < 1.29 is 19.4 Å². The molecule has 120 valence electrons. The van der Waals surface area contributed by atoms with Gasteiger partial charge in [0, 0.05) is 11.6 Å². The second kappa shape index (κ2) is 7.44. The van der Waals surface area contributed by atoms with E-state index in [2.05, 4.69) is 0 Å². The van der Waals surface area contributed by atoms with Crippen molar-refractivity contribution in [2.24, 2.45) is 0 Å². The van der Waals surface area contributed by atoms with Gasteiger partial charge in [0.2, 0.25) is 0 Å². The molecule has 1 N–H and O–H groups in total. The van der Waals surface area contributed by atoms with Crippen LogP contribution in [0.5, 0.6) is 23.0 Å². The zero-order chi connectivity index (χ0) is 16.8. The lowest BCUT2D eigenvalue weighted by Gasteiger charge is -2.09. The van der Waals surface area contributed by atoms with Crippen LogP contribution in [0.15, 0.2) is 72.8 Å². The lowest BCUT2D eigenvalue weighted by molar-refractivity contribution is 0.112. The molecule has 0 aliphatic carbocycles. The van der Waals surface area contributed by atoms with Gasteiger partial charge in [-0.3, -0.25) is 4.79 Å². The fourth-order valence-electron chi connectivity index (χ4n) is 2.15. The minimum Gasteiger partial charge on any atom is -0.457 e. The van der Waals surface area contributed by atoms with Crippen LogP contribution in [0.3, 0.4) is 0 Å². The summed E-state index contributed by atoms with van der Waals surface area (Å²) in [6, 6.07) is 21.4. The summed E-state index contributed by atoms with van der Waals surface area (Å²) in [5, 5.41) is 9.05. The Bertz CT molecular complexity index is 808. The molecule has 0 unspecified atom stereocenters. The Kier molecular flexibility index (Phi) is 4.89. The Hall–Kier alpha value is -3.11. The van der Waals surface area contributed by atoms with E-state index in [0.717, 1.165) is 11.8 Å². The molecule has 3 rings (SSSR count). The van der Waals surface area contributed by atoms with Gasteiger partial charge >= 0.3 is 0 Å². The molecule has 0 atom stereocenters. The summed E-state index contributed by atoms with van der Waals surface area (Å²) in [6.45, 7) is 0.00645. The summed E-state index contributed by atoms with van der Waals surface area (Å²) < 4.78 is 11.5. The van der Waals surface area contributed by atoms with Crippen LogP contribution in [0.2, 0.25) is 0 Å². The van der Waals surface area contributed by atoms with Crippen LogP contribution in [0, 0.1) is 0 Å². The zero-order valence-corrected chi connectivity index (χ0v) is 12.9. The van der Waals surface area contributed by atoms with Crippen molar-refractivity contribution in [1.82, 2.24) is 0 Å². The maximum Gasteiger partial charge on any atom is 0.150 e. The summed E-state index contributed by atoms with van der Waals surface area (Å²) >= 11 is 0. The van der Waals surface area contributed by atoms with E-state index in [4.69, 9.17) is 14.6 Å². The van der Waals surface area contributed by atoms with Crippen molar-refractivity contribution in [2.45, 2.75) is 6.61 Å². The predicted molar refractivity (Wildman–Crippen MR) is 90.8 cm³/mol. The first-order valence-corrected chi connectivity index (χ1v) is 7.47. The molecule has 0 fully saturated rings. The van der Waals surface area contributed by atoms with Gasteiger partial charge in [0.05, 0.1) is 6.61 Å². The average molecular weight is 320 g/mol. The molecule has 4 nitrogen and oxygen atoms in total. The number of hydrogen-bond acceptors (Lipinski definition) is 4. The number of aliphatic hydroxyl groups is 1. The van der Waals surface area contributed by atoms with Gasteiger partial charge in [-0.25, -0.2) is 0 Å². The number of benzene rings is 3. The summed E-state index contributed by atoms with van der Waals surface area (Å²) in [7, 11) is 0. The lowest BCUT2D eigenvalue weighted by atomic mass is 10.2. The standard InChI is InChI=1S/C20H16O4/c21-13-15-4-8-17(9-5-15)23-19-2-1-3-20(12-19)24-18-10-6-16(14-22)7-11-18/h1-13,22H,14H2. The highest BCUT2D eigenvalue weighted by atomic mass is 16.5. The summed E-state index contributed by atoms with van der Waals surface area (Å²) in [4.78, 5) is 10.7. The van der Waals surface area contributed by atoms with E-state index in [1.54, 1.807) is 42.5 Å². The second-order valence-electron chi connectivity index (χ2n) is 5.17. The molecule has 0 amide bonds. The molecule has 0 saturated carbocycles. The number of aldehydes is 1. The largest absolute Gasteiger partial charge is 0.457 e. The number of ether oxygens (including phenoxy) is 2. The Balaban J connectivity index is 1.71. The lowest BCUT2D eigenvalue weighted by Crippen LogP contribution is -1.88. The summed E-state index contributed by atoms with van der Waals surface area (Å²) in [5.41, 5.74) is 1.43. The first kappa shape index (κ1) is 15.8. The van der Waals surface area contributed by atoms with Gasteiger partial charge in [-0.2, -0.15) is 0 Å². The van der Waals surface area contributed by atoms with Crippen molar-refractivity contribution in [2.75, 3.05) is 0 Å². The van der Waals surface area contributed by atoms with Gasteiger partial charge in [-0.1, -0.05) is 18.2 Å². The molecule has 0 aromatic heterocycles. The Morgan fingerprint density at radius 2 is 1.29 bits per heavy atom. The van der Waals surface area contributed by atoms with E-state index in [1.807, 2.05) is 30.3 Å². The number of hydrogen-bond donors (Lipinski definition) is 1. The highest BCUT2D eigenvalue weighted by Crippen LogP contribution is 2.28. The van der Waals surface area contributed by atoms with Crippen molar-refractivity contribution in [1.29, 1.82) is 0 Å². The van der Waals surface area contributed by atoms with Gasteiger partial charge < -0.3 is 14.6 Å². The van der Waals surface area contributed by atoms with Crippen molar-refractivity contribution >= 4 is 6.29 Å². The molecule has 3 aromatic rings. The molecule has 0 radical (unpaired) electrons. The molecule has 0 spiro atoms. The molecule has 0 heterocycles. The van der Waals surface area contributed by atoms with Crippen LogP contribution in [-0.4, -0.2) is 11.4 Å². The van der Waals surface area contributed by atoms with Crippen LogP contribution >= 0.6 is 0 Å². The van der Waals surface area contributed by atoms with Crippen LogP contribution < -0.4 is 9.47 Å². The van der Waals surface area contributed by atoms with Crippen LogP contribution in [0.4, 0.5) is 0 Å². The minimum absolute atomic E-state index is 0.00645. The van der Waals surface area contributed by atoms with Gasteiger partial charge in [0.1, 0.15) is 29.3 Å². The van der Waals surface area contributed by atoms with E-state index in [0.29, 0.717) is 28.6 Å². The topological polar surface area (TPSA) is 55.8 Å². The number of rotatable bonds is 6.